The summed E-state index contributed by atoms with van der Waals surface area (Å²) in [5, 5.41) is 11.8. The van der Waals surface area contributed by atoms with Gasteiger partial charge in [0.1, 0.15) is 12.1 Å². The van der Waals surface area contributed by atoms with Gasteiger partial charge >= 0.3 is 0 Å². The fourth-order valence-electron chi connectivity index (χ4n) is 1.49. The predicted octanol–water partition coefficient (Wildman–Crippen LogP) is 0.768. The van der Waals surface area contributed by atoms with Crippen molar-refractivity contribution >= 4 is 5.91 Å². The maximum atomic E-state index is 11.9. The molecular formula is C13H16N4O2. The van der Waals surface area contributed by atoms with Crippen LogP contribution in [0.15, 0.2) is 37.1 Å². The van der Waals surface area contributed by atoms with Crippen molar-refractivity contribution < 1.29 is 9.90 Å². The van der Waals surface area contributed by atoms with Gasteiger partial charge in [0.2, 0.25) is 0 Å². The lowest BCUT2D eigenvalue weighted by atomic mass is 10.1. The van der Waals surface area contributed by atoms with Gasteiger partial charge in [-0.2, -0.15) is 0 Å². The van der Waals surface area contributed by atoms with E-state index in [2.05, 4.69) is 15.3 Å². The van der Waals surface area contributed by atoms with E-state index in [1.54, 1.807) is 49.3 Å². The number of carbonyl (C=O) groups excluding carboxylic acids is 1. The summed E-state index contributed by atoms with van der Waals surface area (Å²) in [6.07, 6.45) is 6.57. The molecule has 0 aliphatic carbocycles. The fraction of sp³-hybridized carbons (Fsp3) is 0.308. The largest absolute Gasteiger partial charge is 0.394 e. The second-order valence-corrected chi connectivity index (χ2v) is 4.87. The van der Waals surface area contributed by atoms with Gasteiger partial charge in [-0.3, -0.25) is 9.36 Å². The number of nitrogens with one attached hydrogen (secondary N) is 1. The zero-order valence-corrected chi connectivity index (χ0v) is 10.9. The number of imidazole rings is 1. The third-order valence-electron chi connectivity index (χ3n) is 2.63. The number of aliphatic hydroxyl groups excluding tert-OH is 1. The highest BCUT2D eigenvalue weighted by Gasteiger charge is 2.20. The number of rotatable bonds is 4. The molecule has 1 amide bonds. The molecule has 2 heterocycles. The summed E-state index contributed by atoms with van der Waals surface area (Å²) in [6, 6.07) is 3.42. The molecule has 0 atom stereocenters. The molecule has 100 valence electrons. The van der Waals surface area contributed by atoms with E-state index in [1.807, 2.05) is 0 Å². The summed E-state index contributed by atoms with van der Waals surface area (Å²) < 4.78 is 1.75. The summed E-state index contributed by atoms with van der Waals surface area (Å²) in [5.74, 6) is 0.430. The van der Waals surface area contributed by atoms with Crippen LogP contribution in [0, 0.1) is 0 Å². The minimum atomic E-state index is -0.653. The molecule has 0 unspecified atom stereocenters. The molecule has 0 aliphatic heterocycles. The van der Waals surface area contributed by atoms with Crippen LogP contribution in [0.2, 0.25) is 0 Å². The van der Waals surface area contributed by atoms with E-state index in [4.69, 9.17) is 5.11 Å². The molecule has 0 radical (unpaired) electrons. The molecule has 6 nitrogen and oxygen atoms in total. The summed E-state index contributed by atoms with van der Waals surface area (Å²) in [5.41, 5.74) is -0.203. The van der Waals surface area contributed by atoms with E-state index < -0.39 is 5.54 Å². The lowest BCUT2D eigenvalue weighted by molar-refractivity contribution is 0.0869. The maximum Gasteiger partial charge on any atom is 0.253 e. The number of hydrogen-bond acceptors (Lipinski definition) is 4. The first-order valence-electron chi connectivity index (χ1n) is 5.89. The Kier molecular flexibility index (Phi) is 3.62. The average molecular weight is 260 g/mol. The van der Waals surface area contributed by atoms with Crippen molar-refractivity contribution in [3.05, 3.63) is 42.6 Å². The Balaban J connectivity index is 2.13. The number of nitrogens with zero attached hydrogens (tertiary/aromatic N) is 3. The van der Waals surface area contributed by atoms with Gasteiger partial charge in [-0.05, 0) is 26.0 Å². The van der Waals surface area contributed by atoms with Crippen LogP contribution in [0.4, 0.5) is 0 Å². The van der Waals surface area contributed by atoms with Crippen molar-refractivity contribution in [1.29, 1.82) is 0 Å². The molecule has 0 bridgehead atoms. The van der Waals surface area contributed by atoms with Gasteiger partial charge in [-0.15, -0.1) is 0 Å². The molecule has 2 N–H and O–H groups in total. The van der Waals surface area contributed by atoms with Gasteiger partial charge in [-0.1, -0.05) is 0 Å². The Morgan fingerprint density at radius 3 is 2.79 bits per heavy atom. The monoisotopic (exact) mass is 260 g/mol. The molecule has 0 aliphatic rings. The molecule has 19 heavy (non-hydrogen) atoms. The number of hydrogen-bond donors (Lipinski definition) is 2. The fourth-order valence-corrected chi connectivity index (χ4v) is 1.49. The van der Waals surface area contributed by atoms with Crippen LogP contribution in [0.1, 0.15) is 24.2 Å². The molecule has 2 aromatic rings. The van der Waals surface area contributed by atoms with E-state index >= 15 is 0 Å². The topological polar surface area (TPSA) is 80.0 Å². The molecule has 0 fully saturated rings. The van der Waals surface area contributed by atoms with Crippen LogP contribution in [0.25, 0.3) is 5.82 Å². The van der Waals surface area contributed by atoms with Gasteiger partial charge in [0.05, 0.1) is 17.7 Å². The Bertz CT molecular complexity index is 547. The number of amides is 1. The highest BCUT2D eigenvalue weighted by molar-refractivity contribution is 5.94. The van der Waals surface area contributed by atoms with Crippen molar-refractivity contribution in [2.45, 2.75) is 19.4 Å². The second kappa shape index (κ2) is 5.19. The quantitative estimate of drug-likeness (QED) is 0.851. The zero-order valence-electron chi connectivity index (χ0n) is 10.9. The van der Waals surface area contributed by atoms with Crippen LogP contribution in [0.5, 0.6) is 0 Å². The Morgan fingerprint density at radius 1 is 1.47 bits per heavy atom. The summed E-state index contributed by atoms with van der Waals surface area (Å²) >= 11 is 0. The van der Waals surface area contributed by atoms with Gasteiger partial charge in [-0.25, -0.2) is 9.97 Å². The third kappa shape index (κ3) is 3.17. The molecule has 2 aromatic heterocycles. The molecule has 6 heteroatoms. The van der Waals surface area contributed by atoms with Crippen LogP contribution < -0.4 is 5.32 Å². The maximum absolute atomic E-state index is 11.9. The molecule has 0 spiro atoms. The molecular weight excluding hydrogens is 244 g/mol. The normalized spacial score (nSPS) is 11.3. The molecule has 2 rings (SSSR count). The number of carbonyl (C=O) groups is 1. The minimum Gasteiger partial charge on any atom is -0.394 e. The van der Waals surface area contributed by atoms with E-state index in [0.29, 0.717) is 11.4 Å². The Labute approximate surface area is 111 Å². The average Bonchev–Trinajstić information content (AvgIpc) is 2.92. The first-order chi connectivity index (χ1) is 9.02. The van der Waals surface area contributed by atoms with Crippen LogP contribution in [-0.4, -0.2) is 37.7 Å². The molecule has 0 aromatic carbocycles. The lowest BCUT2D eigenvalue weighted by Gasteiger charge is -2.23. The van der Waals surface area contributed by atoms with Crippen molar-refractivity contribution in [1.82, 2.24) is 19.9 Å². The van der Waals surface area contributed by atoms with Crippen LogP contribution >= 0.6 is 0 Å². The van der Waals surface area contributed by atoms with Crippen molar-refractivity contribution in [2.24, 2.45) is 0 Å². The predicted molar refractivity (Wildman–Crippen MR) is 70.0 cm³/mol. The van der Waals surface area contributed by atoms with Gasteiger partial charge < -0.3 is 10.4 Å². The zero-order chi connectivity index (χ0) is 13.9. The van der Waals surface area contributed by atoms with Crippen LogP contribution in [-0.2, 0) is 0 Å². The van der Waals surface area contributed by atoms with Crippen molar-refractivity contribution in [2.75, 3.05) is 6.61 Å². The van der Waals surface area contributed by atoms with Gasteiger partial charge in [0.25, 0.3) is 5.91 Å². The molecule has 0 saturated heterocycles. The molecule has 0 saturated carbocycles. The number of pyridine rings is 1. The number of aliphatic hydroxyl groups is 1. The Hall–Kier alpha value is -2.21. The smallest absolute Gasteiger partial charge is 0.253 e. The highest BCUT2D eigenvalue weighted by Crippen LogP contribution is 2.07. The minimum absolute atomic E-state index is 0.126. The lowest BCUT2D eigenvalue weighted by Crippen LogP contribution is -2.46. The first kappa shape index (κ1) is 13.2. The second-order valence-electron chi connectivity index (χ2n) is 4.87. The van der Waals surface area contributed by atoms with Crippen LogP contribution in [0.3, 0.4) is 0 Å². The van der Waals surface area contributed by atoms with E-state index in [9.17, 15) is 4.79 Å². The summed E-state index contributed by atoms with van der Waals surface area (Å²) in [7, 11) is 0. The van der Waals surface area contributed by atoms with E-state index in [-0.39, 0.29) is 12.5 Å². The Morgan fingerprint density at radius 2 is 2.26 bits per heavy atom. The third-order valence-corrected chi connectivity index (χ3v) is 2.63. The SMILES string of the molecule is CC(C)(CO)NC(=O)c1ccc(-n2ccnc2)nc1. The summed E-state index contributed by atoms with van der Waals surface area (Å²) in [6.45, 7) is 3.37. The van der Waals surface area contributed by atoms with Gasteiger partial charge in [0, 0.05) is 18.6 Å². The van der Waals surface area contributed by atoms with Crippen molar-refractivity contribution in [3.8, 4) is 5.82 Å². The summed E-state index contributed by atoms with van der Waals surface area (Å²) in [4.78, 5) is 20.1. The first-order valence-corrected chi connectivity index (χ1v) is 5.89. The van der Waals surface area contributed by atoms with E-state index in [1.165, 1.54) is 6.20 Å². The number of aromatic nitrogens is 3. The van der Waals surface area contributed by atoms with E-state index in [0.717, 1.165) is 0 Å². The van der Waals surface area contributed by atoms with Gasteiger partial charge in [0.15, 0.2) is 0 Å². The highest BCUT2D eigenvalue weighted by atomic mass is 16.3. The van der Waals surface area contributed by atoms with Crippen molar-refractivity contribution in [3.63, 3.8) is 0 Å². The standard InChI is InChI=1S/C13H16N4O2/c1-13(2,8-18)16-12(19)10-3-4-11(15-7-10)17-6-5-14-9-17/h3-7,9,18H,8H2,1-2H3,(H,16,19).